The highest BCUT2D eigenvalue weighted by Crippen LogP contribution is 2.18. The number of aliphatic hydroxyl groups excluding tert-OH is 1. The fourth-order valence-electron chi connectivity index (χ4n) is 1.73. The third-order valence-electron chi connectivity index (χ3n) is 3.30. The molecule has 2 unspecified atom stereocenters. The van der Waals surface area contributed by atoms with E-state index in [4.69, 9.17) is 0 Å². The van der Waals surface area contributed by atoms with Crippen molar-refractivity contribution in [3.8, 4) is 0 Å². The van der Waals surface area contributed by atoms with E-state index in [1.54, 1.807) is 20.8 Å². The normalized spacial score (nSPS) is 16.1. The lowest BCUT2D eigenvalue weighted by molar-refractivity contribution is 0.111. The van der Waals surface area contributed by atoms with E-state index in [0.717, 1.165) is 5.56 Å². The van der Waals surface area contributed by atoms with Crippen molar-refractivity contribution in [3.05, 3.63) is 35.9 Å². The number of aliphatic hydroxyl groups is 1. The van der Waals surface area contributed by atoms with Gasteiger partial charge in [-0.3, -0.25) is 0 Å². The lowest BCUT2D eigenvalue weighted by atomic mass is 10.0. The molecule has 0 aliphatic carbocycles. The zero-order valence-corrected chi connectivity index (χ0v) is 12.7. The van der Waals surface area contributed by atoms with Crippen LogP contribution in [0.1, 0.15) is 39.2 Å². The van der Waals surface area contributed by atoms with Gasteiger partial charge in [-0.25, -0.2) is 13.1 Å². The maximum atomic E-state index is 12.1. The minimum absolute atomic E-state index is 0.00711. The maximum absolute atomic E-state index is 12.1. The van der Waals surface area contributed by atoms with Gasteiger partial charge in [0.2, 0.25) is 10.0 Å². The Labute approximate surface area is 115 Å². The molecule has 1 rings (SSSR count). The van der Waals surface area contributed by atoms with E-state index in [-0.39, 0.29) is 11.7 Å². The largest absolute Gasteiger partial charge is 0.391 e. The maximum Gasteiger partial charge on any atom is 0.212 e. The third kappa shape index (κ3) is 4.93. The molecule has 0 bridgehead atoms. The zero-order valence-electron chi connectivity index (χ0n) is 11.9. The van der Waals surface area contributed by atoms with Crippen molar-refractivity contribution in [3.63, 3.8) is 0 Å². The molecule has 5 heteroatoms. The van der Waals surface area contributed by atoms with Crippen molar-refractivity contribution < 1.29 is 13.5 Å². The Morgan fingerprint density at radius 2 is 1.74 bits per heavy atom. The third-order valence-corrected chi connectivity index (χ3v) is 5.08. The van der Waals surface area contributed by atoms with Crippen molar-refractivity contribution in [2.24, 2.45) is 0 Å². The SMILES string of the molecule is CC(CS(=O)(=O)NC(C)(C)C(C)O)c1ccccc1. The van der Waals surface area contributed by atoms with E-state index in [1.807, 2.05) is 37.3 Å². The smallest absolute Gasteiger partial charge is 0.212 e. The fourth-order valence-corrected chi connectivity index (χ4v) is 3.64. The summed E-state index contributed by atoms with van der Waals surface area (Å²) >= 11 is 0. The first kappa shape index (κ1) is 16.1. The molecule has 0 aliphatic heterocycles. The summed E-state index contributed by atoms with van der Waals surface area (Å²) in [6.45, 7) is 6.79. The van der Waals surface area contributed by atoms with Crippen LogP contribution in [0, 0.1) is 0 Å². The van der Waals surface area contributed by atoms with Gasteiger partial charge in [0.1, 0.15) is 0 Å². The first-order valence-electron chi connectivity index (χ1n) is 6.39. The number of hydrogen-bond donors (Lipinski definition) is 2. The summed E-state index contributed by atoms with van der Waals surface area (Å²) in [7, 11) is -3.44. The van der Waals surface area contributed by atoms with Gasteiger partial charge >= 0.3 is 0 Å². The van der Waals surface area contributed by atoms with Crippen LogP contribution in [0.4, 0.5) is 0 Å². The van der Waals surface area contributed by atoms with Gasteiger partial charge in [-0.05, 0) is 32.3 Å². The highest BCUT2D eigenvalue weighted by atomic mass is 32.2. The number of hydrogen-bond acceptors (Lipinski definition) is 3. The van der Waals surface area contributed by atoms with Crippen molar-refractivity contribution in [2.45, 2.75) is 45.3 Å². The van der Waals surface area contributed by atoms with E-state index >= 15 is 0 Å². The van der Waals surface area contributed by atoms with Crippen molar-refractivity contribution in [1.29, 1.82) is 0 Å². The van der Waals surface area contributed by atoms with Crippen molar-refractivity contribution in [1.82, 2.24) is 4.72 Å². The van der Waals surface area contributed by atoms with Crippen LogP contribution in [0.25, 0.3) is 0 Å². The number of sulfonamides is 1. The Bertz CT molecular complexity index is 495. The summed E-state index contributed by atoms with van der Waals surface area (Å²) in [5, 5.41) is 9.57. The van der Waals surface area contributed by atoms with Gasteiger partial charge in [0.15, 0.2) is 0 Å². The van der Waals surface area contributed by atoms with Crippen molar-refractivity contribution >= 4 is 10.0 Å². The van der Waals surface area contributed by atoms with Crippen LogP contribution >= 0.6 is 0 Å². The van der Waals surface area contributed by atoms with Crippen LogP contribution in [0.5, 0.6) is 0 Å². The van der Waals surface area contributed by atoms with Crippen LogP contribution in [0.15, 0.2) is 30.3 Å². The average molecular weight is 285 g/mol. The Hall–Kier alpha value is -0.910. The van der Waals surface area contributed by atoms with Gasteiger partial charge in [0, 0.05) is 0 Å². The summed E-state index contributed by atoms with van der Waals surface area (Å²) in [5.41, 5.74) is 0.123. The van der Waals surface area contributed by atoms with Gasteiger partial charge < -0.3 is 5.11 Å². The van der Waals surface area contributed by atoms with Crippen LogP contribution in [-0.4, -0.2) is 30.9 Å². The molecule has 19 heavy (non-hydrogen) atoms. The molecule has 2 atom stereocenters. The van der Waals surface area contributed by atoms with E-state index < -0.39 is 21.7 Å². The predicted molar refractivity (Wildman–Crippen MR) is 77.5 cm³/mol. The average Bonchev–Trinajstić information content (AvgIpc) is 2.27. The minimum atomic E-state index is -3.44. The molecule has 1 aromatic rings. The zero-order chi connectivity index (χ0) is 14.7. The molecule has 4 nitrogen and oxygen atoms in total. The molecule has 0 aliphatic rings. The Morgan fingerprint density at radius 3 is 2.21 bits per heavy atom. The predicted octanol–water partition coefficient (Wildman–Crippen LogP) is 1.87. The van der Waals surface area contributed by atoms with Gasteiger partial charge in [-0.15, -0.1) is 0 Å². The van der Waals surface area contributed by atoms with E-state index in [0.29, 0.717) is 0 Å². The van der Waals surface area contributed by atoms with E-state index in [1.165, 1.54) is 0 Å². The highest BCUT2D eigenvalue weighted by Gasteiger charge is 2.30. The first-order valence-corrected chi connectivity index (χ1v) is 8.04. The molecule has 0 amide bonds. The number of benzene rings is 1. The second-order valence-electron chi connectivity index (χ2n) is 5.59. The molecule has 0 heterocycles. The summed E-state index contributed by atoms with van der Waals surface area (Å²) in [6.07, 6.45) is -0.755. The van der Waals surface area contributed by atoms with Crippen LogP contribution in [-0.2, 0) is 10.0 Å². The standard InChI is InChI=1S/C14H23NO3S/c1-11(13-8-6-5-7-9-13)10-19(17,18)15-14(3,4)12(2)16/h5-9,11-12,15-16H,10H2,1-4H3. The Balaban J connectivity index is 2.76. The Morgan fingerprint density at radius 1 is 1.21 bits per heavy atom. The van der Waals surface area contributed by atoms with Gasteiger partial charge in [0.05, 0.1) is 17.4 Å². The molecule has 0 saturated carbocycles. The van der Waals surface area contributed by atoms with E-state index in [2.05, 4.69) is 4.72 Å². The Kier molecular flexibility index (Phi) is 5.12. The number of rotatable bonds is 6. The quantitative estimate of drug-likeness (QED) is 0.838. The monoisotopic (exact) mass is 285 g/mol. The van der Waals surface area contributed by atoms with Crippen molar-refractivity contribution in [2.75, 3.05) is 5.75 Å². The second-order valence-corrected chi connectivity index (χ2v) is 7.36. The number of nitrogens with one attached hydrogen (secondary N) is 1. The molecular formula is C14H23NO3S. The van der Waals surface area contributed by atoms with E-state index in [9.17, 15) is 13.5 Å². The molecule has 0 spiro atoms. The second kappa shape index (κ2) is 6.03. The van der Waals surface area contributed by atoms with Gasteiger partial charge in [0.25, 0.3) is 0 Å². The van der Waals surface area contributed by atoms with Crippen LogP contribution in [0.3, 0.4) is 0 Å². The molecule has 108 valence electrons. The highest BCUT2D eigenvalue weighted by molar-refractivity contribution is 7.89. The van der Waals surface area contributed by atoms with Gasteiger partial charge in [-0.2, -0.15) is 0 Å². The first-order chi connectivity index (χ1) is 8.64. The fraction of sp³-hybridized carbons (Fsp3) is 0.571. The lowest BCUT2D eigenvalue weighted by Gasteiger charge is -2.29. The summed E-state index contributed by atoms with van der Waals surface area (Å²) < 4.78 is 26.8. The molecule has 0 aromatic heterocycles. The minimum Gasteiger partial charge on any atom is -0.391 e. The lowest BCUT2D eigenvalue weighted by Crippen LogP contribution is -2.51. The summed E-state index contributed by atoms with van der Waals surface area (Å²) in [4.78, 5) is 0. The summed E-state index contributed by atoms with van der Waals surface area (Å²) in [6, 6.07) is 9.52. The topological polar surface area (TPSA) is 66.4 Å². The molecule has 1 aromatic carbocycles. The molecule has 0 radical (unpaired) electrons. The molecule has 2 N–H and O–H groups in total. The van der Waals surface area contributed by atoms with Gasteiger partial charge in [-0.1, -0.05) is 37.3 Å². The van der Waals surface area contributed by atoms with Crippen LogP contribution < -0.4 is 4.72 Å². The van der Waals surface area contributed by atoms with Crippen LogP contribution in [0.2, 0.25) is 0 Å². The summed E-state index contributed by atoms with van der Waals surface area (Å²) in [5.74, 6) is -0.0869. The molecule has 0 saturated heterocycles. The molecular weight excluding hydrogens is 262 g/mol. The molecule has 0 fully saturated rings.